The molecule has 0 spiro atoms. The van der Waals surface area contributed by atoms with E-state index in [-0.39, 0.29) is 22.4 Å². The Balaban J connectivity index is 2.94. The number of nitrogens with one attached hydrogen (secondary N) is 3. The molecule has 0 aliphatic rings. The number of thiocarbonyl (C=S) groups is 1. The van der Waals surface area contributed by atoms with Gasteiger partial charge >= 0.3 is 0 Å². The van der Waals surface area contributed by atoms with Crippen molar-refractivity contribution in [1.82, 2.24) is 10.6 Å². The minimum Gasteiger partial charge on any atom is -0.495 e. The molecule has 1 atom stereocenters. The second-order valence-corrected chi connectivity index (χ2v) is 7.46. The molecule has 0 aliphatic heterocycles. The minimum atomic E-state index is -1.94. The Morgan fingerprint density at radius 2 is 2.04 bits per heavy atom. The first-order chi connectivity index (χ1) is 11.6. The molecule has 0 saturated heterocycles. The van der Waals surface area contributed by atoms with Crippen LogP contribution in [0.15, 0.2) is 18.2 Å². The summed E-state index contributed by atoms with van der Waals surface area (Å²) in [5, 5.41) is 18.4. The van der Waals surface area contributed by atoms with Gasteiger partial charge in [-0.3, -0.25) is 14.9 Å². The molecule has 0 saturated carbocycles. The van der Waals surface area contributed by atoms with Gasteiger partial charge in [-0.25, -0.2) is 0 Å². The molecule has 1 amide bonds. The van der Waals surface area contributed by atoms with Gasteiger partial charge in [0.15, 0.2) is 5.11 Å². The van der Waals surface area contributed by atoms with E-state index in [4.69, 9.17) is 63.4 Å². The van der Waals surface area contributed by atoms with Crippen LogP contribution in [0.2, 0.25) is 0 Å². The summed E-state index contributed by atoms with van der Waals surface area (Å²) < 4.78 is 3.15. The number of methoxy groups -OCH3 is 1. The third-order valence-corrected chi connectivity index (χ3v) is 3.79. The van der Waals surface area contributed by atoms with E-state index in [1.165, 1.54) is 25.3 Å². The number of rotatable bonds is 6. The summed E-state index contributed by atoms with van der Waals surface area (Å²) in [6.07, 6.45) is -1.20. The van der Waals surface area contributed by atoms with Crippen molar-refractivity contribution in [3.63, 3.8) is 0 Å². The highest BCUT2D eigenvalue weighted by Gasteiger charge is 2.34. The first-order valence-electron chi connectivity index (χ1n) is 6.40. The fourth-order valence-corrected chi connectivity index (χ4v) is 2.23. The number of hydrogen-bond acceptors (Lipinski definition) is 5. The summed E-state index contributed by atoms with van der Waals surface area (Å²) in [7, 11) is 1.38. The standard InChI is InChI=1S/C12H12Cl4N4O4S/c1-24-8-3-2-6(20(22)23)4-7(8)17-11(25)19-10(12(14,15)16)18-9(21)5-13/h2-4,10H,5H2,1H3,(H,18,21)(H2,17,19,25). The normalized spacial score (nSPS) is 12.0. The van der Waals surface area contributed by atoms with Gasteiger partial charge in [-0.15, -0.1) is 11.6 Å². The largest absolute Gasteiger partial charge is 0.495 e. The highest BCUT2D eigenvalue weighted by atomic mass is 35.6. The average Bonchev–Trinajstić information content (AvgIpc) is 2.52. The van der Waals surface area contributed by atoms with Crippen molar-refractivity contribution in [2.45, 2.75) is 9.96 Å². The van der Waals surface area contributed by atoms with Gasteiger partial charge in [0.2, 0.25) is 9.70 Å². The SMILES string of the molecule is COc1ccc([N+](=O)[O-])cc1NC(=S)NC(NC(=O)CCl)C(Cl)(Cl)Cl. The van der Waals surface area contributed by atoms with Crippen LogP contribution in [0.3, 0.4) is 0 Å². The van der Waals surface area contributed by atoms with Crippen LogP contribution in [0, 0.1) is 10.1 Å². The van der Waals surface area contributed by atoms with Crippen molar-refractivity contribution in [2.75, 3.05) is 18.3 Å². The van der Waals surface area contributed by atoms with Crippen molar-refractivity contribution in [3.8, 4) is 5.75 Å². The van der Waals surface area contributed by atoms with Crippen LogP contribution in [-0.4, -0.2) is 38.9 Å². The second kappa shape index (κ2) is 9.44. The van der Waals surface area contributed by atoms with E-state index in [2.05, 4.69) is 16.0 Å². The maximum absolute atomic E-state index is 11.4. The molecule has 25 heavy (non-hydrogen) atoms. The number of nitrogens with zero attached hydrogens (tertiary/aromatic N) is 1. The lowest BCUT2D eigenvalue weighted by Crippen LogP contribution is -2.56. The highest BCUT2D eigenvalue weighted by molar-refractivity contribution is 7.80. The number of carbonyl (C=O) groups excluding carboxylic acids is 1. The monoisotopic (exact) mass is 448 g/mol. The van der Waals surface area contributed by atoms with E-state index in [1.54, 1.807) is 0 Å². The van der Waals surface area contributed by atoms with E-state index in [0.717, 1.165) is 0 Å². The van der Waals surface area contributed by atoms with Crippen LogP contribution in [0.4, 0.5) is 11.4 Å². The molecule has 3 N–H and O–H groups in total. The minimum absolute atomic E-state index is 0.0787. The van der Waals surface area contributed by atoms with E-state index in [1.807, 2.05) is 0 Å². The molecule has 0 bridgehead atoms. The molecule has 0 aromatic heterocycles. The molecule has 8 nitrogen and oxygen atoms in total. The number of non-ortho nitro benzene ring substituents is 1. The number of carbonyl (C=O) groups is 1. The topological polar surface area (TPSA) is 106 Å². The number of alkyl halides is 4. The number of halogens is 4. The zero-order valence-corrected chi connectivity index (χ0v) is 16.4. The molecule has 1 rings (SSSR count). The smallest absolute Gasteiger partial charge is 0.271 e. The summed E-state index contributed by atoms with van der Waals surface area (Å²) in [5.74, 6) is -0.649. The number of benzene rings is 1. The molecule has 1 aromatic carbocycles. The van der Waals surface area contributed by atoms with Crippen LogP contribution in [0.1, 0.15) is 0 Å². The molecule has 0 fully saturated rings. The van der Waals surface area contributed by atoms with Gasteiger partial charge in [0.1, 0.15) is 17.8 Å². The Morgan fingerprint density at radius 3 is 2.52 bits per heavy atom. The summed E-state index contributed by atoms with van der Waals surface area (Å²) in [6.45, 7) is 0. The Morgan fingerprint density at radius 1 is 1.40 bits per heavy atom. The Labute approximate surface area is 168 Å². The van der Waals surface area contributed by atoms with Crippen LogP contribution in [0.25, 0.3) is 0 Å². The van der Waals surface area contributed by atoms with E-state index >= 15 is 0 Å². The number of nitro groups is 1. The molecule has 0 heterocycles. The maximum Gasteiger partial charge on any atom is 0.271 e. The van der Waals surface area contributed by atoms with Crippen LogP contribution in [-0.2, 0) is 4.79 Å². The van der Waals surface area contributed by atoms with Crippen LogP contribution < -0.4 is 20.7 Å². The Bertz CT molecular complexity index is 671. The molecule has 138 valence electrons. The molecule has 1 aromatic rings. The molecule has 0 aliphatic carbocycles. The van der Waals surface area contributed by atoms with Gasteiger partial charge in [-0.05, 0) is 18.3 Å². The molecule has 13 heteroatoms. The van der Waals surface area contributed by atoms with Crippen LogP contribution in [0.5, 0.6) is 5.75 Å². The van der Waals surface area contributed by atoms with Crippen molar-refractivity contribution in [2.24, 2.45) is 0 Å². The van der Waals surface area contributed by atoms with Crippen LogP contribution >= 0.6 is 58.6 Å². The maximum atomic E-state index is 11.4. The predicted octanol–water partition coefficient (Wildman–Crippen LogP) is 2.94. The number of hydrogen-bond donors (Lipinski definition) is 3. The highest BCUT2D eigenvalue weighted by Crippen LogP contribution is 2.30. The summed E-state index contributed by atoms with van der Waals surface area (Å²) >= 11 is 27.8. The third kappa shape index (κ3) is 6.87. The molecule has 0 radical (unpaired) electrons. The molecule has 1 unspecified atom stereocenters. The van der Waals surface area contributed by atoms with Crippen molar-refractivity contribution < 1.29 is 14.5 Å². The lowest BCUT2D eigenvalue weighted by Gasteiger charge is -2.27. The third-order valence-electron chi connectivity index (χ3n) is 2.67. The lowest BCUT2D eigenvalue weighted by molar-refractivity contribution is -0.384. The van der Waals surface area contributed by atoms with Crippen molar-refractivity contribution >= 4 is 81.0 Å². The van der Waals surface area contributed by atoms with Gasteiger partial charge in [-0.1, -0.05) is 34.8 Å². The van der Waals surface area contributed by atoms with Crippen molar-refractivity contribution in [3.05, 3.63) is 28.3 Å². The van der Waals surface area contributed by atoms with Crippen molar-refractivity contribution in [1.29, 1.82) is 0 Å². The summed E-state index contributed by atoms with van der Waals surface area (Å²) in [6, 6.07) is 3.88. The van der Waals surface area contributed by atoms with Gasteiger partial charge < -0.3 is 20.7 Å². The van der Waals surface area contributed by atoms with Gasteiger partial charge in [0, 0.05) is 12.1 Å². The Hall–Kier alpha value is -1.26. The predicted molar refractivity (Wildman–Crippen MR) is 102 cm³/mol. The number of anilines is 1. The van der Waals surface area contributed by atoms with E-state index in [0.29, 0.717) is 5.75 Å². The van der Waals surface area contributed by atoms with Gasteiger partial charge in [-0.2, -0.15) is 0 Å². The number of amides is 1. The second-order valence-electron chi connectivity index (χ2n) is 4.42. The first kappa shape index (κ1) is 21.8. The average molecular weight is 450 g/mol. The summed E-state index contributed by atoms with van der Waals surface area (Å²) in [4.78, 5) is 21.7. The number of nitro benzene ring substituents is 1. The molecular formula is C12H12Cl4N4O4S. The zero-order chi connectivity index (χ0) is 19.2. The number of ether oxygens (including phenoxy) is 1. The fraction of sp³-hybridized carbons (Fsp3) is 0.333. The van der Waals surface area contributed by atoms with Gasteiger partial charge in [0.05, 0.1) is 17.7 Å². The lowest BCUT2D eigenvalue weighted by atomic mass is 10.2. The fourth-order valence-electron chi connectivity index (χ4n) is 1.60. The van der Waals surface area contributed by atoms with E-state index in [9.17, 15) is 14.9 Å². The van der Waals surface area contributed by atoms with Gasteiger partial charge in [0.25, 0.3) is 5.69 Å². The molecular weight excluding hydrogens is 438 g/mol. The quantitative estimate of drug-likeness (QED) is 0.201. The Kier molecular flexibility index (Phi) is 8.23. The zero-order valence-electron chi connectivity index (χ0n) is 12.5. The first-order valence-corrected chi connectivity index (χ1v) is 8.48. The van der Waals surface area contributed by atoms with E-state index < -0.39 is 20.8 Å². The summed E-state index contributed by atoms with van der Waals surface area (Å²) in [5.41, 5.74) is 0.0282.